The molecule has 1 fully saturated rings. The highest BCUT2D eigenvalue weighted by Gasteiger charge is 2.31. The fourth-order valence-corrected chi connectivity index (χ4v) is 5.42. The minimum Gasteiger partial charge on any atom is -0.493 e. The molecule has 4 rings (SSSR count). The number of hydrogen-bond donors (Lipinski definition) is 0. The first-order chi connectivity index (χ1) is 15.5. The van der Waals surface area contributed by atoms with E-state index in [9.17, 15) is 4.79 Å². The molecule has 172 valence electrons. The molecule has 7 heteroatoms. The van der Waals surface area contributed by atoms with Gasteiger partial charge in [-0.3, -0.25) is 4.79 Å². The van der Waals surface area contributed by atoms with E-state index in [2.05, 4.69) is 12.0 Å². The lowest BCUT2D eigenvalue weighted by atomic mass is 10.1. The minimum atomic E-state index is -0.0253. The Hall–Kier alpha value is -2.22. The lowest BCUT2D eigenvalue weighted by molar-refractivity contribution is -0.935. The van der Waals surface area contributed by atoms with E-state index in [0.29, 0.717) is 6.61 Å². The molecule has 0 aliphatic carbocycles. The number of quaternary nitrogens is 1. The van der Waals surface area contributed by atoms with Crippen molar-refractivity contribution in [1.29, 1.82) is 0 Å². The monoisotopic (exact) mass is 456 g/mol. The summed E-state index contributed by atoms with van der Waals surface area (Å²) >= 11 is 1.56. The number of fused-ring (bicyclic) bond motifs is 1. The molecular formula is C25H34N3O3S+. The Morgan fingerprint density at radius 3 is 2.59 bits per heavy atom. The van der Waals surface area contributed by atoms with Crippen LogP contribution in [0.2, 0.25) is 0 Å². The Morgan fingerprint density at radius 2 is 1.91 bits per heavy atom. The molecule has 0 spiro atoms. The Bertz CT molecular complexity index is 1080. The number of hydrogen-bond acceptors (Lipinski definition) is 5. The summed E-state index contributed by atoms with van der Waals surface area (Å²) in [5.41, 5.74) is 1.83. The zero-order valence-corrected chi connectivity index (χ0v) is 20.2. The van der Waals surface area contributed by atoms with Crippen molar-refractivity contribution < 1.29 is 14.0 Å². The van der Waals surface area contributed by atoms with Crippen molar-refractivity contribution >= 4 is 21.4 Å². The molecule has 32 heavy (non-hydrogen) atoms. The van der Waals surface area contributed by atoms with Crippen LogP contribution in [0.4, 0.5) is 0 Å². The average molecular weight is 457 g/mol. The van der Waals surface area contributed by atoms with Crippen molar-refractivity contribution in [3.63, 3.8) is 0 Å². The van der Waals surface area contributed by atoms with Gasteiger partial charge in [-0.05, 0) is 56.5 Å². The van der Waals surface area contributed by atoms with Crippen molar-refractivity contribution in [3.8, 4) is 17.0 Å². The van der Waals surface area contributed by atoms with Gasteiger partial charge in [0.15, 0.2) is 6.73 Å². The molecule has 2 aromatic heterocycles. The summed E-state index contributed by atoms with van der Waals surface area (Å²) in [7, 11) is 0. The van der Waals surface area contributed by atoms with Gasteiger partial charge in [0.25, 0.3) is 5.56 Å². The summed E-state index contributed by atoms with van der Waals surface area (Å²) in [6.45, 7) is 11.9. The van der Waals surface area contributed by atoms with Gasteiger partial charge in [0.05, 0.1) is 42.4 Å². The van der Waals surface area contributed by atoms with E-state index in [0.717, 1.165) is 57.9 Å². The Morgan fingerprint density at radius 1 is 1.16 bits per heavy atom. The van der Waals surface area contributed by atoms with Gasteiger partial charge in [-0.15, -0.1) is 11.3 Å². The summed E-state index contributed by atoms with van der Waals surface area (Å²) in [5, 5.41) is 7.38. The molecule has 0 N–H and O–H groups in total. The van der Waals surface area contributed by atoms with E-state index < -0.39 is 0 Å². The normalized spacial score (nSPS) is 15.6. The highest BCUT2D eigenvalue weighted by Crippen LogP contribution is 2.30. The molecule has 0 unspecified atom stereocenters. The van der Waals surface area contributed by atoms with Crippen LogP contribution >= 0.6 is 11.3 Å². The van der Waals surface area contributed by atoms with Gasteiger partial charge in [0.2, 0.25) is 0 Å². The predicted octanol–water partition coefficient (Wildman–Crippen LogP) is 5.08. The van der Waals surface area contributed by atoms with E-state index in [4.69, 9.17) is 9.47 Å². The number of thiophene rings is 1. The summed E-state index contributed by atoms with van der Waals surface area (Å²) < 4.78 is 15.4. The second-order valence-corrected chi connectivity index (χ2v) is 9.84. The van der Waals surface area contributed by atoms with E-state index in [1.807, 2.05) is 49.6 Å². The van der Waals surface area contributed by atoms with Crippen molar-refractivity contribution in [2.24, 2.45) is 0 Å². The first kappa shape index (κ1) is 23.0. The fourth-order valence-electron chi connectivity index (χ4n) is 4.53. The zero-order valence-electron chi connectivity index (χ0n) is 19.4. The lowest BCUT2D eigenvalue weighted by Crippen LogP contribution is -2.48. The molecule has 0 atom stereocenters. The molecule has 1 aliphatic rings. The molecule has 3 aromatic rings. The largest absolute Gasteiger partial charge is 0.493 e. The van der Waals surface area contributed by atoms with Gasteiger partial charge in [-0.1, -0.05) is 0 Å². The van der Waals surface area contributed by atoms with E-state index in [1.54, 1.807) is 16.0 Å². The standard InChI is InChI=1S/C25H34N3O3S/c1-4-30-18-28(13-5-6-14-28)15-7-16-31-21-10-8-20(9-11-21)23-24-22(12-17-32-24)25(29)27(26-23)19(2)3/h8-12,17,19H,4-7,13-16,18H2,1-3H3/q+1. The molecule has 0 bridgehead atoms. The van der Waals surface area contributed by atoms with E-state index >= 15 is 0 Å². The maximum Gasteiger partial charge on any atom is 0.275 e. The highest BCUT2D eigenvalue weighted by molar-refractivity contribution is 7.17. The summed E-state index contributed by atoms with van der Waals surface area (Å²) in [6, 6.07) is 9.98. The summed E-state index contributed by atoms with van der Waals surface area (Å²) in [6.07, 6.45) is 3.61. The topological polar surface area (TPSA) is 53.4 Å². The number of nitrogens with zero attached hydrogens (tertiary/aromatic N) is 3. The fraction of sp³-hybridized carbons (Fsp3) is 0.520. The van der Waals surface area contributed by atoms with Gasteiger partial charge in [-0.2, -0.15) is 5.10 Å². The predicted molar refractivity (Wildman–Crippen MR) is 130 cm³/mol. The van der Waals surface area contributed by atoms with Gasteiger partial charge in [-0.25, -0.2) is 4.68 Å². The third-order valence-corrected chi connectivity index (χ3v) is 7.19. The van der Waals surface area contributed by atoms with Crippen LogP contribution in [0.15, 0.2) is 40.5 Å². The third-order valence-electron chi connectivity index (χ3n) is 6.27. The SMILES string of the molecule is CCOC[N+]1(CCCOc2ccc(-c3nn(C(C)C)c(=O)c4ccsc34)cc2)CCCC1. The highest BCUT2D eigenvalue weighted by atomic mass is 32.1. The molecule has 0 radical (unpaired) electrons. The van der Waals surface area contributed by atoms with Crippen LogP contribution in [0.25, 0.3) is 21.3 Å². The second kappa shape index (κ2) is 10.1. The van der Waals surface area contributed by atoms with Crippen molar-refractivity contribution in [2.45, 2.75) is 46.1 Å². The summed E-state index contributed by atoms with van der Waals surface area (Å²) in [5.74, 6) is 0.867. The summed E-state index contributed by atoms with van der Waals surface area (Å²) in [4.78, 5) is 12.7. The molecule has 1 aromatic carbocycles. The number of likely N-dealkylation sites (tertiary alicyclic amines) is 1. The third kappa shape index (κ3) is 4.90. The molecule has 6 nitrogen and oxygen atoms in total. The zero-order chi connectivity index (χ0) is 22.6. The van der Waals surface area contributed by atoms with Gasteiger partial charge in [0.1, 0.15) is 11.4 Å². The van der Waals surface area contributed by atoms with Crippen LogP contribution in [0.1, 0.15) is 46.1 Å². The number of ether oxygens (including phenoxy) is 2. The molecule has 1 saturated heterocycles. The Balaban J connectivity index is 1.41. The number of rotatable bonds is 10. The van der Waals surface area contributed by atoms with E-state index in [1.165, 1.54) is 25.9 Å². The van der Waals surface area contributed by atoms with Crippen molar-refractivity contribution in [3.05, 3.63) is 46.1 Å². The maximum absolute atomic E-state index is 12.7. The Kier molecular flexibility index (Phi) is 7.28. The first-order valence-electron chi connectivity index (χ1n) is 11.7. The molecule has 0 amide bonds. The van der Waals surface area contributed by atoms with Crippen LogP contribution in [0.3, 0.4) is 0 Å². The van der Waals surface area contributed by atoms with Crippen molar-refractivity contribution in [2.75, 3.05) is 39.6 Å². The van der Waals surface area contributed by atoms with Gasteiger partial charge in [0, 0.05) is 31.4 Å². The molecule has 0 saturated carbocycles. The van der Waals surface area contributed by atoms with Gasteiger partial charge < -0.3 is 14.0 Å². The minimum absolute atomic E-state index is 0.0115. The van der Waals surface area contributed by atoms with E-state index in [-0.39, 0.29) is 11.6 Å². The molecular weight excluding hydrogens is 422 g/mol. The quantitative estimate of drug-likeness (QED) is 0.315. The average Bonchev–Trinajstić information content (AvgIpc) is 3.47. The first-order valence-corrected chi connectivity index (χ1v) is 12.6. The van der Waals surface area contributed by atoms with Crippen LogP contribution < -0.4 is 10.3 Å². The van der Waals surface area contributed by atoms with Crippen molar-refractivity contribution in [1.82, 2.24) is 9.78 Å². The number of aromatic nitrogens is 2. The van der Waals surface area contributed by atoms with Crippen LogP contribution in [-0.4, -0.2) is 53.8 Å². The molecule has 3 heterocycles. The smallest absolute Gasteiger partial charge is 0.275 e. The Labute approximate surface area is 194 Å². The van der Waals surface area contributed by atoms with Crippen LogP contribution in [0.5, 0.6) is 5.75 Å². The molecule has 1 aliphatic heterocycles. The number of benzene rings is 1. The second-order valence-electron chi connectivity index (χ2n) is 8.92. The van der Waals surface area contributed by atoms with Crippen LogP contribution in [-0.2, 0) is 4.74 Å². The van der Waals surface area contributed by atoms with Gasteiger partial charge >= 0.3 is 0 Å². The lowest BCUT2D eigenvalue weighted by Gasteiger charge is -2.33. The van der Waals surface area contributed by atoms with Crippen LogP contribution in [0, 0.1) is 0 Å². The maximum atomic E-state index is 12.7.